The van der Waals surface area contributed by atoms with E-state index in [0.29, 0.717) is 19.5 Å². The van der Waals surface area contributed by atoms with Gasteiger partial charge in [0.1, 0.15) is 5.82 Å². The Morgan fingerprint density at radius 1 is 0.964 bits per heavy atom. The molecule has 3 aromatic rings. The van der Waals surface area contributed by atoms with Crippen LogP contribution >= 0.6 is 0 Å². The van der Waals surface area contributed by atoms with E-state index in [0.717, 1.165) is 40.3 Å². The minimum atomic E-state index is -4.31. The van der Waals surface area contributed by atoms with Crippen LogP contribution < -0.4 is 5.32 Å². The van der Waals surface area contributed by atoms with Crippen LogP contribution in [0.3, 0.4) is 0 Å². The van der Waals surface area contributed by atoms with Crippen LogP contribution in [0.5, 0.6) is 0 Å². The fourth-order valence-electron chi connectivity index (χ4n) is 3.07. The van der Waals surface area contributed by atoms with E-state index in [2.05, 4.69) is 10.4 Å². The molecular weight excluding hydrogens is 370 g/mol. The molecule has 1 heterocycles. The Balaban J connectivity index is 1.59. The second-order valence-electron chi connectivity index (χ2n) is 6.66. The van der Waals surface area contributed by atoms with Crippen molar-refractivity contribution in [2.24, 2.45) is 0 Å². The van der Waals surface area contributed by atoms with Gasteiger partial charge < -0.3 is 5.32 Å². The highest BCUT2D eigenvalue weighted by molar-refractivity contribution is 5.37. The number of benzene rings is 2. The van der Waals surface area contributed by atoms with E-state index in [1.807, 2.05) is 13.8 Å². The van der Waals surface area contributed by atoms with Crippen LogP contribution in [0.25, 0.3) is 5.69 Å². The molecular formula is C21H21F4N3. The number of aryl methyl sites for hydroxylation is 1. The molecule has 0 amide bonds. The van der Waals surface area contributed by atoms with Gasteiger partial charge in [0.25, 0.3) is 0 Å². The summed E-state index contributed by atoms with van der Waals surface area (Å²) in [4.78, 5) is 0. The number of hydrogen-bond acceptors (Lipinski definition) is 2. The highest BCUT2D eigenvalue weighted by Crippen LogP contribution is 2.29. The van der Waals surface area contributed by atoms with Gasteiger partial charge in [0.2, 0.25) is 0 Å². The van der Waals surface area contributed by atoms with E-state index in [1.165, 1.54) is 24.3 Å². The van der Waals surface area contributed by atoms with Gasteiger partial charge in [-0.3, -0.25) is 0 Å². The van der Waals surface area contributed by atoms with Crippen molar-refractivity contribution in [3.63, 3.8) is 0 Å². The summed E-state index contributed by atoms with van der Waals surface area (Å²) in [6, 6.07) is 11.4. The predicted octanol–water partition coefficient (Wildman–Crippen LogP) is 4.98. The molecule has 0 unspecified atom stereocenters. The van der Waals surface area contributed by atoms with Crippen LogP contribution in [-0.2, 0) is 19.1 Å². The zero-order valence-electron chi connectivity index (χ0n) is 15.6. The van der Waals surface area contributed by atoms with E-state index in [4.69, 9.17) is 0 Å². The number of nitrogens with zero attached hydrogens (tertiary/aromatic N) is 2. The zero-order chi connectivity index (χ0) is 20.3. The standard InChI is InChI=1S/C21H21F4N3/c1-14-20(15(2)28(27-14)19-9-7-18(22)8-10-19)13-26-12-11-16-3-5-17(6-4-16)21(23,24)25/h3-10,26H,11-13H2,1-2H3. The summed E-state index contributed by atoms with van der Waals surface area (Å²) in [5, 5.41) is 7.84. The third-order valence-electron chi connectivity index (χ3n) is 4.69. The molecule has 0 aliphatic heterocycles. The average Bonchev–Trinajstić information content (AvgIpc) is 2.93. The minimum Gasteiger partial charge on any atom is -0.312 e. The maximum Gasteiger partial charge on any atom is 0.416 e. The van der Waals surface area contributed by atoms with Crippen molar-refractivity contribution in [1.29, 1.82) is 0 Å². The lowest BCUT2D eigenvalue weighted by atomic mass is 10.1. The van der Waals surface area contributed by atoms with Gasteiger partial charge in [-0.1, -0.05) is 12.1 Å². The van der Waals surface area contributed by atoms with Gasteiger partial charge in [-0.2, -0.15) is 18.3 Å². The number of hydrogen-bond donors (Lipinski definition) is 1. The van der Waals surface area contributed by atoms with Gasteiger partial charge in [-0.15, -0.1) is 0 Å². The maximum atomic E-state index is 13.1. The highest BCUT2D eigenvalue weighted by atomic mass is 19.4. The third kappa shape index (κ3) is 4.59. The molecule has 28 heavy (non-hydrogen) atoms. The Hall–Kier alpha value is -2.67. The Morgan fingerprint density at radius 2 is 1.61 bits per heavy atom. The van der Waals surface area contributed by atoms with Crippen LogP contribution in [0.1, 0.15) is 28.1 Å². The normalized spacial score (nSPS) is 11.8. The quantitative estimate of drug-likeness (QED) is 0.474. The molecule has 0 saturated carbocycles. The molecule has 0 fully saturated rings. The molecule has 0 radical (unpaired) electrons. The molecule has 148 valence electrons. The maximum absolute atomic E-state index is 13.1. The number of halogens is 4. The minimum absolute atomic E-state index is 0.296. The fourth-order valence-corrected chi connectivity index (χ4v) is 3.07. The molecule has 7 heteroatoms. The largest absolute Gasteiger partial charge is 0.416 e. The average molecular weight is 391 g/mol. The number of alkyl halides is 3. The van der Waals surface area contributed by atoms with E-state index in [9.17, 15) is 17.6 Å². The topological polar surface area (TPSA) is 29.9 Å². The predicted molar refractivity (Wildman–Crippen MR) is 99.9 cm³/mol. The van der Waals surface area contributed by atoms with Crippen LogP contribution in [0.15, 0.2) is 48.5 Å². The van der Waals surface area contributed by atoms with Crippen molar-refractivity contribution in [1.82, 2.24) is 15.1 Å². The van der Waals surface area contributed by atoms with Gasteiger partial charge >= 0.3 is 6.18 Å². The Kier molecular flexibility index (Phi) is 5.84. The van der Waals surface area contributed by atoms with Crippen molar-refractivity contribution in [2.45, 2.75) is 33.0 Å². The summed E-state index contributed by atoms with van der Waals surface area (Å²) in [6.45, 7) is 5.10. The van der Waals surface area contributed by atoms with Crippen molar-refractivity contribution in [3.05, 3.63) is 82.4 Å². The molecule has 0 atom stereocenters. The lowest BCUT2D eigenvalue weighted by Gasteiger charge is -2.09. The summed E-state index contributed by atoms with van der Waals surface area (Å²) < 4.78 is 52.7. The smallest absolute Gasteiger partial charge is 0.312 e. The van der Waals surface area contributed by atoms with Crippen molar-refractivity contribution < 1.29 is 17.6 Å². The van der Waals surface area contributed by atoms with Gasteiger partial charge in [0.15, 0.2) is 0 Å². The zero-order valence-corrected chi connectivity index (χ0v) is 15.6. The molecule has 1 N–H and O–H groups in total. The van der Waals surface area contributed by atoms with Crippen LogP contribution in [-0.4, -0.2) is 16.3 Å². The van der Waals surface area contributed by atoms with E-state index in [1.54, 1.807) is 16.8 Å². The molecule has 0 saturated heterocycles. The van der Waals surface area contributed by atoms with Crippen LogP contribution in [0.2, 0.25) is 0 Å². The van der Waals surface area contributed by atoms with E-state index in [-0.39, 0.29) is 5.82 Å². The second-order valence-corrected chi connectivity index (χ2v) is 6.66. The first-order valence-corrected chi connectivity index (χ1v) is 8.93. The molecule has 3 rings (SSSR count). The molecule has 0 aliphatic carbocycles. The highest BCUT2D eigenvalue weighted by Gasteiger charge is 2.29. The van der Waals surface area contributed by atoms with E-state index >= 15 is 0 Å². The Morgan fingerprint density at radius 3 is 2.21 bits per heavy atom. The van der Waals surface area contributed by atoms with Crippen molar-refractivity contribution >= 4 is 0 Å². The van der Waals surface area contributed by atoms with Crippen LogP contribution in [0, 0.1) is 19.7 Å². The lowest BCUT2D eigenvalue weighted by Crippen LogP contribution is -2.17. The van der Waals surface area contributed by atoms with Crippen LogP contribution in [0.4, 0.5) is 17.6 Å². The summed E-state index contributed by atoms with van der Waals surface area (Å²) in [5.41, 5.74) is 3.89. The first kappa shape index (κ1) is 20.1. The first-order chi connectivity index (χ1) is 13.3. The third-order valence-corrected chi connectivity index (χ3v) is 4.69. The summed E-state index contributed by atoms with van der Waals surface area (Å²) in [6.07, 6.45) is -3.68. The Labute approximate surface area is 161 Å². The first-order valence-electron chi connectivity index (χ1n) is 8.93. The lowest BCUT2D eigenvalue weighted by molar-refractivity contribution is -0.137. The van der Waals surface area contributed by atoms with Gasteiger partial charge in [-0.25, -0.2) is 9.07 Å². The molecule has 3 nitrogen and oxygen atoms in total. The SMILES string of the molecule is Cc1nn(-c2ccc(F)cc2)c(C)c1CNCCc1ccc(C(F)(F)F)cc1. The summed E-state index contributed by atoms with van der Waals surface area (Å²) in [7, 11) is 0. The Bertz CT molecular complexity index is 926. The number of aromatic nitrogens is 2. The fraction of sp³-hybridized carbons (Fsp3) is 0.286. The van der Waals surface area contributed by atoms with Crippen molar-refractivity contribution in [2.75, 3.05) is 6.54 Å². The monoisotopic (exact) mass is 391 g/mol. The molecule has 1 aromatic heterocycles. The van der Waals surface area contributed by atoms with E-state index < -0.39 is 11.7 Å². The number of rotatable bonds is 6. The second kappa shape index (κ2) is 8.14. The molecule has 2 aromatic carbocycles. The van der Waals surface area contributed by atoms with Gasteiger partial charge in [0, 0.05) is 17.8 Å². The molecule has 0 aliphatic rings. The summed E-state index contributed by atoms with van der Waals surface area (Å²) >= 11 is 0. The van der Waals surface area contributed by atoms with Crippen molar-refractivity contribution in [3.8, 4) is 5.69 Å². The van der Waals surface area contributed by atoms with Gasteiger partial charge in [-0.05, 0) is 68.8 Å². The molecule has 0 bridgehead atoms. The summed E-state index contributed by atoms with van der Waals surface area (Å²) in [5.74, 6) is -0.296. The molecule has 0 spiro atoms. The number of nitrogens with one attached hydrogen (secondary N) is 1. The van der Waals surface area contributed by atoms with Gasteiger partial charge in [0.05, 0.1) is 16.9 Å².